The zero-order valence-electron chi connectivity index (χ0n) is 15.8. The van der Waals surface area contributed by atoms with Crippen LogP contribution in [0.4, 0.5) is 27.6 Å². The molecule has 1 fully saturated rings. The third kappa shape index (κ3) is 5.70. The quantitative estimate of drug-likeness (QED) is 0.681. The van der Waals surface area contributed by atoms with Crippen molar-refractivity contribution < 1.29 is 39.9 Å². The Morgan fingerprint density at radius 3 is 2.16 bits per heavy atom. The van der Waals surface area contributed by atoms with Crippen molar-refractivity contribution in [3.05, 3.63) is 54.1 Å². The zero-order chi connectivity index (χ0) is 22.8. The maximum Gasteiger partial charge on any atom is 0.573 e. The van der Waals surface area contributed by atoms with Crippen LogP contribution >= 0.6 is 0 Å². The number of benzene rings is 2. The molecule has 0 unspecified atom stereocenters. The summed E-state index contributed by atoms with van der Waals surface area (Å²) in [7, 11) is -4.04. The molecule has 31 heavy (non-hydrogen) atoms. The van der Waals surface area contributed by atoms with Crippen molar-refractivity contribution in [1.82, 2.24) is 4.31 Å². The van der Waals surface area contributed by atoms with E-state index in [1.165, 1.54) is 12.1 Å². The summed E-state index contributed by atoms with van der Waals surface area (Å²) in [6.45, 7) is -0.00441. The fourth-order valence-electron chi connectivity index (χ4n) is 3.13. The minimum atomic E-state index is -4.82. The number of rotatable bonds is 5. The number of piperidine rings is 1. The van der Waals surface area contributed by atoms with Crippen LogP contribution in [0.2, 0.25) is 0 Å². The molecule has 0 aromatic heterocycles. The Morgan fingerprint density at radius 2 is 1.61 bits per heavy atom. The molecule has 12 heteroatoms. The lowest BCUT2D eigenvalue weighted by Crippen LogP contribution is -2.41. The van der Waals surface area contributed by atoms with E-state index < -0.39 is 45.6 Å². The number of nitrogens with one attached hydrogen (secondary N) is 1. The number of carbonyl (C=O) groups is 1. The van der Waals surface area contributed by atoms with Crippen LogP contribution in [-0.4, -0.2) is 38.1 Å². The van der Waals surface area contributed by atoms with E-state index in [2.05, 4.69) is 10.1 Å². The van der Waals surface area contributed by atoms with Gasteiger partial charge in [-0.25, -0.2) is 17.2 Å². The minimum Gasteiger partial charge on any atom is -0.406 e. The maximum atomic E-state index is 13.4. The number of sulfonamides is 1. The van der Waals surface area contributed by atoms with Gasteiger partial charge in [-0.15, -0.1) is 13.2 Å². The van der Waals surface area contributed by atoms with Gasteiger partial charge in [0.2, 0.25) is 15.9 Å². The third-order valence-corrected chi connectivity index (χ3v) is 6.60. The molecule has 0 aliphatic carbocycles. The molecule has 168 valence electrons. The van der Waals surface area contributed by atoms with E-state index in [0.717, 1.165) is 28.6 Å². The molecule has 3 rings (SSSR count). The van der Waals surface area contributed by atoms with Gasteiger partial charge in [0, 0.05) is 24.7 Å². The highest BCUT2D eigenvalue weighted by Crippen LogP contribution is 2.27. The van der Waals surface area contributed by atoms with Gasteiger partial charge in [-0.2, -0.15) is 4.31 Å². The monoisotopic (exact) mass is 464 g/mol. The number of hydrogen-bond acceptors (Lipinski definition) is 4. The first-order valence-electron chi connectivity index (χ1n) is 9.07. The Morgan fingerprint density at radius 1 is 1.00 bits per heavy atom. The first-order valence-corrected chi connectivity index (χ1v) is 10.5. The van der Waals surface area contributed by atoms with Crippen molar-refractivity contribution in [1.29, 1.82) is 0 Å². The topological polar surface area (TPSA) is 75.7 Å². The molecule has 1 N–H and O–H groups in total. The molecule has 0 spiro atoms. The van der Waals surface area contributed by atoms with Crippen molar-refractivity contribution in [2.75, 3.05) is 18.4 Å². The van der Waals surface area contributed by atoms with Crippen molar-refractivity contribution >= 4 is 21.6 Å². The summed E-state index contributed by atoms with van der Waals surface area (Å²) in [5, 5.41) is 2.57. The summed E-state index contributed by atoms with van der Waals surface area (Å²) in [6, 6.07) is 6.92. The van der Waals surface area contributed by atoms with Crippen LogP contribution in [-0.2, 0) is 14.8 Å². The van der Waals surface area contributed by atoms with Gasteiger partial charge in [0.1, 0.15) is 5.75 Å². The predicted molar refractivity (Wildman–Crippen MR) is 99.6 cm³/mol. The van der Waals surface area contributed by atoms with E-state index >= 15 is 0 Å². The van der Waals surface area contributed by atoms with Crippen LogP contribution in [0.15, 0.2) is 47.4 Å². The van der Waals surface area contributed by atoms with Gasteiger partial charge in [0.05, 0.1) is 4.90 Å². The van der Waals surface area contributed by atoms with Gasteiger partial charge in [-0.1, -0.05) is 0 Å². The Labute approximate surface area is 174 Å². The molecule has 0 bridgehead atoms. The van der Waals surface area contributed by atoms with Gasteiger partial charge in [0.15, 0.2) is 11.6 Å². The second-order valence-electron chi connectivity index (χ2n) is 6.82. The number of carbonyl (C=O) groups excluding carboxylic acids is 1. The molecule has 1 aliphatic heterocycles. The summed E-state index contributed by atoms with van der Waals surface area (Å²) >= 11 is 0. The lowest BCUT2D eigenvalue weighted by Gasteiger charge is -2.30. The van der Waals surface area contributed by atoms with Crippen molar-refractivity contribution in [3.8, 4) is 5.75 Å². The number of halogens is 5. The second-order valence-corrected chi connectivity index (χ2v) is 8.75. The fourth-order valence-corrected chi connectivity index (χ4v) is 4.61. The standard InChI is InChI=1S/C19H17F5N2O4S/c20-16-6-5-15(11-17(16)21)31(28,29)26-9-7-12(8-10-26)18(27)25-13-1-3-14(4-2-13)30-19(22,23)24/h1-6,11-12H,7-10H2,(H,25,27). The van der Waals surface area contributed by atoms with Gasteiger partial charge in [-0.05, 0) is 55.3 Å². The van der Waals surface area contributed by atoms with Crippen molar-refractivity contribution in [2.24, 2.45) is 5.92 Å². The summed E-state index contributed by atoms with van der Waals surface area (Å²) < 4.78 is 93.0. The van der Waals surface area contributed by atoms with Gasteiger partial charge in [0.25, 0.3) is 0 Å². The van der Waals surface area contributed by atoms with Crippen LogP contribution < -0.4 is 10.1 Å². The zero-order valence-corrected chi connectivity index (χ0v) is 16.6. The van der Waals surface area contributed by atoms with E-state index in [-0.39, 0.29) is 36.5 Å². The molecule has 1 amide bonds. The Bertz CT molecular complexity index is 1050. The number of nitrogens with zero attached hydrogens (tertiary/aromatic N) is 1. The Hall–Kier alpha value is -2.73. The summed E-state index contributed by atoms with van der Waals surface area (Å²) in [4.78, 5) is 12.0. The van der Waals surface area contributed by atoms with E-state index in [1.807, 2.05) is 0 Å². The van der Waals surface area contributed by atoms with Crippen LogP contribution in [0.25, 0.3) is 0 Å². The fraction of sp³-hybridized carbons (Fsp3) is 0.316. The Balaban J connectivity index is 1.57. The SMILES string of the molecule is O=C(Nc1ccc(OC(F)(F)F)cc1)C1CCN(S(=O)(=O)c2ccc(F)c(F)c2)CC1. The average Bonchev–Trinajstić information content (AvgIpc) is 2.70. The Kier molecular flexibility index (Phi) is 6.51. The smallest absolute Gasteiger partial charge is 0.406 e. The molecule has 1 heterocycles. The molecule has 6 nitrogen and oxygen atoms in total. The minimum absolute atomic E-state index is 0.00221. The second kappa shape index (κ2) is 8.79. The maximum absolute atomic E-state index is 13.4. The molecule has 1 aliphatic rings. The van der Waals surface area contributed by atoms with Crippen LogP contribution in [0.1, 0.15) is 12.8 Å². The molecule has 1 saturated heterocycles. The van der Waals surface area contributed by atoms with Crippen LogP contribution in [0, 0.1) is 17.6 Å². The van der Waals surface area contributed by atoms with Gasteiger partial charge in [-0.3, -0.25) is 4.79 Å². The molecule has 2 aromatic rings. The van der Waals surface area contributed by atoms with E-state index in [0.29, 0.717) is 6.07 Å². The van der Waals surface area contributed by atoms with Crippen molar-refractivity contribution in [2.45, 2.75) is 24.1 Å². The molecule has 0 atom stereocenters. The molecular weight excluding hydrogens is 447 g/mol. The average molecular weight is 464 g/mol. The lowest BCUT2D eigenvalue weighted by molar-refractivity contribution is -0.274. The van der Waals surface area contributed by atoms with Crippen LogP contribution in [0.5, 0.6) is 5.75 Å². The van der Waals surface area contributed by atoms with Gasteiger partial charge >= 0.3 is 6.36 Å². The van der Waals surface area contributed by atoms with Gasteiger partial charge < -0.3 is 10.1 Å². The summed E-state index contributed by atoms with van der Waals surface area (Å²) in [5.74, 6) is -3.80. The number of anilines is 1. The van der Waals surface area contributed by atoms with Crippen LogP contribution in [0.3, 0.4) is 0 Å². The largest absolute Gasteiger partial charge is 0.573 e. The number of ether oxygens (including phenoxy) is 1. The van der Waals surface area contributed by atoms with E-state index in [1.54, 1.807) is 0 Å². The first kappa shape index (κ1) is 22.9. The first-order chi connectivity index (χ1) is 14.5. The molecule has 2 aromatic carbocycles. The number of hydrogen-bond donors (Lipinski definition) is 1. The molecule has 0 saturated carbocycles. The number of alkyl halides is 3. The summed E-state index contributed by atoms with van der Waals surface area (Å²) in [6.07, 6.45) is -4.45. The molecule has 0 radical (unpaired) electrons. The summed E-state index contributed by atoms with van der Waals surface area (Å²) in [5.41, 5.74) is 0.261. The third-order valence-electron chi connectivity index (χ3n) is 4.71. The van der Waals surface area contributed by atoms with E-state index in [9.17, 15) is 35.2 Å². The van der Waals surface area contributed by atoms with Crippen molar-refractivity contribution in [3.63, 3.8) is 0 Å². The van der Waals surface area contributed by atoms with E-state index in [4.69, 9.17) is 0 Å². The highest BCUT2D eigenvalue weighted by Gasteiger charge is 2.33. The highest BCUT2D eigenvalue weighted by molar-refractivity contribution is 7.89. The molecular formula is C19H17F5N2O4S. The predicted octanol–water partition coefficient (Wildman–Crippen LogP) is 3.90. The highest BCUT2D eigenvalue weighted by atomic mass is 32.2. The normalized spacial score (nSPS) is 16.2. The lowest BCUT2D eigenvalue weighted by atomic mass is 9.97. The number of amides is 1.